The average Bonchev–Trinajstić information content (AvgIpc) is 3.67. The van der Waals surface area contributed by atoms with Crippen LogP contribution in [0.5, 0.6) is 0 Å². The maximum atomic E-state index is 13.8. The predicted octanol–water partition coefficient (Wildman–Crippen LogP) is 1.39. The third-order valence-electron chi connectivity index (χ3n) is 8.12. The number of hydrogen-bond acceptors (Lipinski definition) is 9. The third-order valence-corrected chi connectivity index (χ3v) is 8.12. The number of benzene rings is 1. The topological polar surface area (TPSA) is 196 Å². The number of carbonyl (C=O) groups is 5. The average molecular weight is 626 g/mol. The molecule has 1 aromatic carbocycles. The summed E-state index contributed by atoms with van der Waals surface area (Å²) in [6, 6.07) is 3.73. The van der Waals surface area contributed by atoms with Gasteiger partial charge in [-0.25, -0.2) is 0 Å². The lowest BCUT2D eigenvalue weighted by Gasteiger charge is -2.31. The largest absolute Gasteiger partial charge is 0.481 e. The summed E-state index contributed by atoms with van der Waals surface area (Å²) in [5, 5.41) is 28.9. The maximum Gasteiger partial charge on any atom is 0.305 e. The van der Waals surface area contributed by atoms with Gasteiger partial charge in [0.05, 0.1) is 18.5 Å². The summed E-state index contributed by atoms with van der Waals surface area (Å²) in [4.78, 5) is 68.1. The Labute approximate surface area is 262 Å². The highest BCUT2D eigenvalue weighted by Gasteiger charge is 2.40. The minimum atomic E-state index is -1.50. The molecule has 1 aromatic heterocycles. The van der Waals surface area contributed by atoms with E-state index in [1.165, 1.54) is 0 Å². The van der Waals surface area contributed by atoms with E-state index in [9.17, 15) is 29.1 Å². The summed E-state index contributed by atoms with van der Waals surface area (Å²) < 4.78 is 6.03. The van der Waals surface area contributed by atoms with Crippen LogP contribution in [0.4, 0.5) is 0 Å². The number of aliphatic carboxylic acids is 1. The Morgan fingerprint density at radius 3 is 2.22 bits per heavy atom. The predicted molar refractivity (Wildman–Crippen MR) is 161 cm³/mol. The first kappa shape index (κ1) is 33.6. The zero-order valence-corrected chi connectivity index (χ0v) is 26.1. The Bertz CT molecular complexity index is 1370. The lowest BCUT2D eigenvalue weighted by molar-refractivity contribution is -0.141. The van der Waals surface area contributed by atoms with Gasteiger partial charge in [-0.3, -0.25) is 28.9 Å². The fourth-order valence-corrected chi connectivity index (χ4v) is 5.88. The molecule has 1 fully saturated rings. The summed E-state index contributed by atoms with van der Waals surface area (Å²) >= 11 is 0. The quantitative estimate of drug-likeness (QED) is 0.300. The molecule has 2 bridgehead atoms. The van der Waals surface area contributed by atoms with Crippen molar-refractivity contribution in [3.63, 3.8) is 0 Å². The van der Waals surface area contributed by atoms with Crippen molar-refractivity contribution < 1.29 is 33.5 Å². The lowest BCUT2D eigenvalue weighted by Crippen LogP contribution is -2.59. The molecule has 14 nitrogen and oxygen atoms in total. The summed E-state index contributed by atoms with van der Waals surface area (Å²) in [7, 11) is 0. The van der Waals surface area contributed by atoms with Crippen LogP contribution in [0.1, 0.15) is 89.2 Å². The zero-order valence-electron chi connectivity index (χ0n) is 26.1. The fraction of sp³-hybridized carbons (Fsp3) is 0.581. The first-order valence-corrected chi connectivity index (χ1v) is 15.5. The van der Waals surface area contributed by atoms with Crippen molar-refractivity contribution in [3.05, 3.63) is 47.7 Å². The first-order valence-electron chi connectivity index (χ1n) is 15.5. The molecule has 0 aliphatic carbocycles. The number of aromatic nitrogens is 2. The van der Waals surface area contributed by atoms with E-state index >= 15 is 0 Å². The molecule has 0 spiro atoms. The number of hydrogen-bond donors (Lipinski definition) is 5. The molecule has 5 N–H and O–H groups in total. The van der Waals surface area contributed by atoms with Gasteiger partial charge in [-0.2, -0.15) is 0 Å². The van der Waals surface area contributed by atoms with Crippen molar-refractivity contribution in [2.75, 3.05) is 6.54 Å². The van der Waals surface area contributed by atoms with Crippen molar-refractivity contribution in [1.82, 2.24) is 36.4 Å². The van der Waals surface area contributed by atoms with E-state index in [2.05, 4.69) is 31.5 Å². The molecule has 1 saturated heterocycles. The number of nitrogens with one attached hydrogen (secondary N) is 4. The number of carboxylic acid groups (broad SMARTS) is 1. The Morgan fingerprint density at radius 2 is 1.56 bits per heavy atom. The molecular formula is C31H43N7O7. The summed E-state index contributed by atoms with van der Waals surface area (Å²) in [5.74, 6) is -3.29. The minimum absolute atomic E-state index is 0.0130. The van der Waals surface area contributed by atoms with Crippen LogP contribution >= 0.6 is 0 Å². The van der Waals surface area contributed by atoms with Gasteiger partial charge in [0.1, 0.15) is 24.2 Å². The molecule has 3 heterocycles. The van der Waals surface area contributed by atoms with Gasteiger partial charge >= 0.3 is 5.97 Å². The van der Waals surface area contributed by atoms with Gasteiger partial charge in [0.2, 0.25) is 35.4 Å². The summed E-state index contributed by atoms with van der Waals surface area (Å²) in [5.41, 5.74) is 0.759. The van der Waals surface area contributed by atoms with Crippen LogP contribution in [0.2, 0.25) is 0 Å². The Kier molecular flexibility index (Phi) is 11.3. The summed E-state index contributed by atoms with van der Waals surface area (Å²) in [6.07, 6.45) is 1.46. The number of nitrogens with zero attached hydrogens (tertiary/aromatic N) is 3. The van der Waals surface area contributed by atoms with E-state index < -0.39 is 60.3 Å². The molecule has 45 heavy (non-hydrogen) atoms. The lowest BCUT2D eigenvalue weighted by atomic mass is 10.0. The highest BCUT2D eigenvalue weighted by Crippen LogP contribution is 2.32. The van der Waals surface area contributed by atoms with Gasteiger partial charge in [-0.15, -0.1) is 10.2 Å². The van der Waals surface area contributed by atoms with E-state index in [1.54, 1.807) is 19.1 Å². The normalized spacial score (nSPS) is 27.0. The van der Waals surface area contributed by atoms with Crippen molar-refractivity contribution in [3.8, 4) is 0 Å². The van der Waals surface area contributed by atoms with Crippen LogP contribution in [0.15, 0.2) is 34.7 Å². The molecule has 0 saturated carbocycles. The third kappa shape index (κ3) is 8.65. The van der Waals surface area contributed by atoms with Gasteiger partial charge in [0.15, 0.2) is 0 Å². The van der Waals surface area contributed by atoms with Crippen LogP contribution in [-0.2, 0) is 30.4 Å². The van der Waals surface area contributed by atoms with Gasteiger partial charge < -0.3 is 30.8 Å². The van der Waals surface area contributed by atoms with Crippen molar-refractivity contribution >= 4 is 29.6 Å². The second kappa shape index (κ2) is 15.1. The zero-order chi connectivity index (χ0) is 32.7. The number of fused-ring (bicyclic) bond motifs is 3. The monoisotopic (exact) mass is 625 g/mol. The van der Waals surface area contributed by atoms with E-state index in [0.717, 1.165) is 12.0 Å². The number of rotatable bonds is 7. The second-order valence-electron chi connectivity index (χ2n) is 12.1. The highest BCUT2D eigenvalue weighted by molar-refractivity contribution is 5.96. The Morgan fingerprint density at radius 1 is 0.933 bits per heavy atom. The van der Waals surface area contributed by atoms with E-state index in [1.807, 2.05) is 43.9 Å². The second-order valence-corrected chi connectivity index (χ2v) is 12.1. The first-order chi connectivity index (χ1) is 21.5. The van der Waals surface area contributed by atoms with Crippen molar-refractivity contribution in [2.45, 2.75) is 102 Å². The molecular weight excluding hydrogens is 582 g/mol. The SMILES string of the molecule is CCC1c2nnc(o2)[C@H](C)NC(=O)[C@H](CC(C)C)NC(=O)[C@H](CC(=O)O)NC(=O)[C@H](Cc2ccccc2)NC(=O)[C@@H]2CCCN12. The standard InChI is InChI=1S/C31H43N7O7/c1-5-23-31-37-36-30(45-31)18(4)32-26(41)20(14-17(2)3)33-28(43)22(16-25(39)40)34-27(42)21(15-19-10-7-6-8-11-19)35-29(44)24-12-9-13-38(23)24/h6-8,10-11,17-18,20-24H,5,9,12-16H2,1-4H3,(H,32,41)(H,33,43)(H,34,42)(H,35,44)(H,39,40)/t18-,20-,21-,22-,23?,24-/m0/s1. The molecule has 2 aromatic rings. The van der Waals surface area contributed by atoms with Crippen LogP contribution in [0.25, 0.3) is 0 Å². The van der Waals surface area contributed by atoms with Gasteiger partial charge in [0.25, 0.3) is 0 Å². The summed E-state index contributed by atoms with van der Waals surface area (Å²) in [6.45, 7) is 7.97. The molecule has 4 rings (SSSR count). The van der Waals surface area contributed by atoms with E-state index in [-0.39, 0.29) is 36.6 Å². The number of carboxylic acids is 1. The van der Waals surface area contributed by atoms with Crippen molar-refractivity contribution in [1.29, 1.82) is 0 Å². The van der Waals surface area contributed by atoms with Crippen LogP contribution < -0.4 is 21.3 Å². The van der Waals surface area contributed by atoms with E-state index in [0.29, 0.717) is 25.3 Å². The Hall–Kier alpha value is -4.33. The van der Waals surface area contributed by atoms with Crippen LogP contribution in [-0.4, -0.2) is 80.5 Å². The van der Waals surface area contributed by atoms with Crippen LogP contribution in [0, 0.1) is 5.92 Å². The van der Waals surface area contributed by atoms with E-state index in [4.69, 9.17) is 4.42 Å². The molecule has 1 unspecified atom stereocenters. The fourth-order valence-electron chi connectivity index (χ4n) is 5.88. The van der Waals surface area contributed by atoms with Gasteiger partial charge in [0, 0.05) is 6.42 Å². The molecule has 6 atom stereocenters. The molecule has 244 valence electrons. The van der Waals surface area contributed by atoms with Gasteiger partial charge in [-0.05, 0) is 50.6 Å². The van der Waals surface area contributed by atoms with Gasteiger partial charge in [-0.1, -0.05) is 51.1 Å². The highest BCUT2D eigenvalue weighted by atomic mass is 16.4. The Balaban J connectivity index is 1.74. The van der Waals surface area contributed by atoms with Crippen molar-refractivity contribution in [2.24, 2.45) is 5.92 Å². The minimum Gasteiger partial charge on any atom is -0.481 e. The maximum absolute atomic E-state index is 13.8. The number of carbonyl (C=O) groups excluding carboxylic acids is 4. The number of amides is 4. The van der Waals surface area contributed by atoms with Crippen LogP contribution in [0.3, 0.4) is 0 Å². The molecule has 2 aliphatic rings. The molecule has 4 amide bonds. The smallest absolute Gasteiger partial charge is 0.305 e. The molecule has 2 aliphatic heterocycles. The molecule has 0 radical (unpaired) electrons. The molecule has 14 heteroatoms.